The fraction of sp³-hybridized carbons (Fsp3) is 0.429. The zero-order valence-electron chi connectivity index (χ0n) is 7.52. The summed E-state index contributed by atoms with van der Waals surface area (Å²) >= 11 is 0.853. The van der Waals surface area contributed by atoms with Crippen LogP contribution in [0.4, 0.5) is 10.1 Å². The molecule has 0 unspecified atom stereocenters. The molecule has 1 amide bonds. The Morgan fingerprint density at radius 1 is 1.79 bits per heavy atom. The maximum Gasteiger partial charge on any atom is 0.345 e. The Morgan fingerprint density at radius 2 is 2.50 bits per heavy atom. The van der Waals surface area contributed by atoms with E-state index in [1.807, 2.05) is 6.92 Å². The molecule has 1 heterocycles. The summed E-state index contributed by atoms with van der Waals surface area (Å²) in [6.07, 6.45) is 2.26. The van der Waals surface area contributed by atoms with Gasteiger partial charge in [-0.2, -0.15) is 0 Å². The number of hydrogen-bond acceptors (Lipinski definition) is 5. The third kappa shape index (κ3) is 2.77. The minimum absolute atomic E-state index is 0.0724. The van der Waals surface area contributed by atoms with Crippen LogP contribution in [0.5, 0.6) is 0 Å². The number of amides is 1. The van der Waals surface area contributed by atoms with Crippen LogP contribution in [0.25, 0.3) is 0 Å². The van der Waals surface area contributed by atoms with Crippen molar-refractivity contribution >= 4 is 27.4 Å². The smallest absolute Gasteiger partial charge is 0.302 e. The summed E-state index contributed by atoms with van der Waals surface area (Å²) in [7, 11) is 0. The van der Waals surface area contributed by atoms with Crippen LogP contribution >= 0.6 is 11.3 Å². The topological polar surface area (TPSA) is 85.1 Å². The van der Waals surface area contributed by atoms with Crippen LogP contribution < -0.4 is 5.32 Å². The molecular weight excluding hydrogens is 206 g/mol. The molecule has 1 N–H and O–H groups in total. The average Bonchev–Trinajstić information content (AvgIpc) is 2.53. The maximum absolute atomic E-state index is 11.1. The Balaban J connectivity index is 2.59. The molecule has 0 aliphatic carbocycles. The van der Waals surface area contributed by atoms with Gasteiger partial charge in [0.2, 0.25) is 5.91 Å². The van der Waals surface area contributed by atoms with E-state index in [0.717, 1.165) is 24.0 Å². The first-order valence-corrected chi connectivity index (χ1v) is 4.85. The lowest BCUT2D eigenvalue weighted by Crippen LogP contribution is -2.09. The molecular formula is C7H9N3O3S. The van der Waals surface area contributed by atoms with E-state index in [9.17, 15) is 14.9 Å². The first kappa shape index (κ1) is 10.6. The number of anilines is 1. The summed E-state index contributed by atoms with van der Waals surface area (Å²) in [4.78, 5) is 24.5. The summed E-state index contributed by atoms with van der Waals surface area (Å²) < 4.78 is 0. The van der Waals surface area contributed by atoms with Crippen molar-refractivity contribution in [3.05, 3.63) is 16.3 Å². The molecule has 14 heavy (non-hydrogen) atoms. The number of carbonyl (C=O) groups is 1. The van der Waals surface area contributed by atoms with Gasteiger partial charge in [-0.3, -0.25) is 14.9 Å². The lowest BCUT2D eigenvalue weighted by atomic mass is 10.3. The lowest BCUT2D eigenvalue weighted by Gasteiger charge is -1.96. The van der Waals surface area contributed by atoms with E-state index in [1.165, 1.54) is 0 Å². The number of rotatable bonds is 4. The molecule has 76 valence electrons. The zero-order chi connectivity index (χ0) is 10.6. The van der Waals surface area contributed by atoms with Gasteiger partial charge in [0.1, 0.15) is 6.20 Å². The second-order valence-electron chi connectivity index (χ2n) is 2.56. The highest BCUT2D eigenvalue weighted by atomic mass is 32.1. The van der Waals surface area contributed by atoms with Crippen molar-refractivity contribution in [1.82, 2.24) is 4.98 Å². The van der Waals surface area contributed by atoms with Crippen molar-refractivity contribution in [2.75, 3.05) is 5.32 Å². The number of nitrogens with zero attached hydrogens (tertiary/aromatic N) is 2. The van der Waals surface area contributed by atoms with Gasteiger partial charge in [-0.1, -0.05) is 6.92 Å². The minimum Gasteiger partial charge on any atom is -0.302 e. The fourth-order valence-electron chi connectivity index (χ4n) is 0.817. The maximum atomic E-state index is 11.1. The van der Waals surface area contributed by atoms with Crippen LogP contribution in [0, 0.1) is 10.1 Å². The number of nitro groups is 1. The van der Waals surface area contributed by atoms with Crippen LogP contribution in [-0.2, 0) is 4.79 Å². The summed E-state index contributed by atoms with van der Waals surface area (Å²) in [6.45, 7) is 1.88. The summed E-state index contributed by atoms with van der Waals surface area (Å²) in [5.41, 5.74) is 0. The van der Waals surface area contributed by atoms with Gasteiger partial charge in [-0.15, -0.1) is 0 Å². The van der Waals surface area contributed by atoms with Gasteiger partial charge in [-0.05, 0) is 17.8 Å². The second kappa shape index (κ2) is 4.66. The normalized spacial score (nSPS) is 9.79. The lowest BCUT2D eigenvalue weighted by molar-refractivity contribution is -0.380. The Hall–Kier alpha value is -1.50. The zero-order valence-corrected chi connectivity index (χ0v) is 8.34. The molecule has 0 spiro atoms. The molecule has 1 rings (SSSR count). The summed E-state index contributed by atoms with van der Waals surface area (Å²) in [5, 5.41) is 13.0. The molecule has 1 aromatic heterocycles. The predicted octanol–water partition coefficient (Wildman–Crippen LogP) is 1.79. The van der Waals surface area contributed by atoms with Crippen LogP contribution in [-0.4, -0.2) is 15.8 Å². The van der Waals surface area contributed by atoms with Crippen molar-refractivity contribution in [3.63, 3.8) is 0 Å². The molecule has 0 aliphatic rings. The van der Waals surface area contributed by atoms with E-state index < -0.39 is 4.92 Å². The third-order valence-corrected chi connectivity index (χ3v) is 2.26. The van der Waals surface area contributed by atoms with Gasteiger partial charge in [0.15, 0.2) is 5.13 Å². The number of thiazole rings is 1. The second-order valence-corrected chi connectivity index (χ2v) is 3.57. The van der Waals surface area contributed by atoms with E-state index in [-0.39, 0.29) is 16.0 Å². The van der Waals surface area contributed by atoms with Crippen molar-refractivity contribution in [3.8, 4) is 0 Å². The van der Waals surface area contributed by atoms with E-state index in [1.54, 1.807) is 0 Å². The van der Waals surface area contributed by atoms with Crippen molar-refractivity contribution in [2.24, 2.45) is 0 Å². The molecule has 1 aromatic rings. The fourth-order valence-corrected chi connectivity index (χ4v) is 1.46. The van der Waals surface area contributed by atoms with Crippen molar-refractivity contribution < 1.29 is 9.72 Å². The van der Waals surface area contributed by atoms with Gasteiger partial charge in [-0.25, -0.2) is 4.98 Å². The molecule has 0 aromatic carbocycles. The van der Waals surface area contributed by atoms with E-state index in [4.69, 9.17) is 0 Å². The standard InChI is InChI=1S/C7H9N3O3S/c1-2-3-5(11)9-7-8-4-6(14-7)10(12)13/h4H,2-3H2,1H3,(H,8,9,11). The van der Waals surface area contributed by atoms with Crippen LogP contribution in [0.3, 0.4) is 0 Å². The molecule has 6 nitrogen and oxygen atoms in total. The SMILES string of the molecule is CCCC(=O)Nc1ncc([N+](=O)[O-])s1. The quantitative estimate of drug-likeness (QED) is 0.612. The van der Waals surface area contributed by atoms with Crippen LogP contribution in [0.2, 0.25) is 0 Å². The molecule has 0 radical (unpaired) electrons. The largest absolute Gasteiger partial charge is 0.345 e. The molecule has 0 fully saturated rings. The van der Waals surface area contributed by atoms with Gasteiger partial charge < -0.3 is 5.32 Å². The molecule has 0 bridgehead atoms. The molecule has 7 heteroatoms. The summed E-state index contributed by atoms with van der Waals surface area (Å²) in [5.74, 6) is -0.170. The highest BCUT2D eigenvalue weighted by Crippen LogP contribution is 2.24. The van der Waals surface area contributed by atoms with Gasteiger partial charge in [0.05, 0.1) is 4.92 Å². The van der Waals surface area contributed by atoms with Crippen LogP contribution in [0.1, 0.15) is 19.8 Å². The Bertz CT molecular complexity index is 350. The molecule has 0 saturated heterocycles. The Kier molecular flexibility index (Phi) is 3.52. The number of aromatic nitrogens is 1. The van der Waals surface area contributed by atoms with E-state index in [2.05, 4.69) is 10.3 Å². The molecule has 0 aliphatic heterocycles. The monoisotopic (exact) mass is 215 g/mol. The number of hydrogen-bond donors (Lipinski definition) is 1. The highest BCUT2D eigenvalue weighted by molar-refractivity contribution is 7.18. The van der Waals surface area contributed by atoms with Crippen LogP contribution in [0.15, 0.2) is 6.20 Å². The Morgan fingerprint density at radius 3 is 3.00 bits per heavy atom. The Labute approximate surface area is 84.1 Å². The predicted molar refractivity (Wildman–Crippen MR) is 52.3 cm³/mol. The van der Waals surface area contributed by atoms with Gasteiger partial charge in [0.25, 0.3) is 0 Å². The summed E-state index contributed by atoms with van der Waals surface area (Å²) in [6, 6.07) is 0. The third-order valence-electron chi connectivity index (χ3n) is 1.40. The van der Waals surface area contributed by atoms with Gasteiger partial charge >= 0.3 is 5.00 Å². The number of carbonyl (C=O) groups excluding carboxylic acids is 1. The van der Waals surface area contributed by atoms with Crippen molar-refractivity contribution in [1.29, 1.82) is 0 Å². The van der Waals surface area contributed by atoms with E-state index >= 15 is 0 Å². The number of nitrogens with one attached hydrogen (secondary N) is 1. The molecule has 0 atom stereocenters. The van der Waals surface area contributed by atoms with Gasteiger partial charge in [0, 0.05) is 6.42 Å². The molecule has 0 saturated carbocycles. The average molecular weight is 215 g/mol. The first-order chi connectivity index (χ1) is 6.63. The first-order valence-electron chi connectivity index (χ1n) is 4.03. The van der Waals surface area contributed by atoms with Crippen molar-refractivity contribution in [2.45, 2.75) is 19.8 Å². The minimum atomic E-state index is -0.535. The highest BCUT2D eigenvalue weighted by Gasteiger charge is 2.12. The van der Waals surface area contributed by atoms with E-state index in [0.29, 0.717) is 6.42 Å².